The normalized spacial score (nSPS) is 11.4. The average molecular weight is 395 g/mol. The van der Waals surface area contributed by atoms with E-state index in [1.807, 2.05) is 36.5 Å². The third-order valence-electron chi connectivity index (χ3n) is 5.47. The molecule has 0 aliphatic carbocycles. The summed E-state index contributed by atoms with van der Waals surface area (Å²) in [6.07, 6.45) is 3.65. The minimum atomic E-state index is -0.0859. The number of rotatable bonds is 4. The lowest BCUT2D eigenvalue weighted by atomic mass is 10.0. The van der Waals surface area contributed by atoms with Crippen LogP contribution in [0.25, 0.3) is 32.6 Å². The minimum Gasteiger partial charge on any atom is -0.368 e. The van der Waals surface area contributed by atoms with Crippen LogP contribution in [0.15, 0.2) is 67.0 Å². The fourth-order valence-electron chi connectivity index (χ4n) is 3.99. The van der Waals surface area contributed by atoms with Crippen molar-refractivity contribution in [3.05, 3.63) is 78.1 Å². The molecule has 148 valence electrons. The van der Waals surface area contributed by atoms with Gasteiger partial charge >= 0.3 is 0 Å². The molecule has 5 rings (SSSR count). The van der Waals surface area contributed by atoms with Crippen molar-refractivity contribution in [3.8, 4) is 0 Å². The molecular formula is C24H21N5O. The number of aryl methyl sites for hydroxylation is 1. The highest BCUT2D eigenvalue weighted by atomic mass is 16.1. The summed E-state index contributed by atoms with van der Waals surface area (Å²) in [7, 11) is 0. The van der Waals surface area contributed by atoms with Crippen LogP contribution in [-0.4, -0.2) is 20.4 Å². The topological polar surface area (TPSA) is 85.8 Å². The van der Waals surface area contributed by atoms with E-state index in [0.29, 0.717) is 12.1 Å². The van der Waals surface area contributed by atoms with Crippen molar-refractivity contribution in [2.24, 2.45) is 0 Å². The summed E-state index contributed by atoms with van der Waals surface area (Å²) in [5.74, 6) is 0.167. The van der Waals surface area contributed by atoms with Crippen LogP contribution in [0.5, 0.6) is 0 Å². The van der Waals surface area contributed by atoms with Gasteiger partial charge in [0, 0.05) is 41.8 Å². The number of nitrogens with two attached hydrogens (primary N) is 1. The predicted molar refractivity (Wildman–Crippen MR) is 120 cm³/mol. The number of nitrogens with zero attached hydrogens (tertiary/aromatic N) is 3. The molecule has 0 atom stereocenters. The van der Waals surface area contributed by atoms with Gasteiger partial charge in [-0.1, -0.05) is 36.4 Å². The summed E-state index contributed by atoms with van der Waals surface area (Å²) in [6, 6.07) is 18.2. The second-order valence-electron chi connectivity index (χ2n) is 7.31. The minimum absolute atomic E-state index is 0.0859. The number of nitrogen functional groups attached to an aromatic ring is 1. The quantitative estimate of drug-likeness (QED) is 0.476. The molecule has 5 aromatic rings. The Kier molecular flexibility index (Phi) is 4.32. The Labute approximate surface area is 173 Å². The number of aromatic nitrogens is 3. The molecule has 3 aromatic carbocycles. The number of fused-ring (bicyclic) bond motifs is 4. The number of anilines is 1. The maximum absolute atomic E-state index is 13.1. The van der Waals surface area contributed by atoms with Crippen molar-refractivity contribution in [1.29, 1.82) is 0 Å². The first-order valence-corrected chi connectivity index (χ1v) is 9.94. The SMILES string of the molecule is CCn1cc(C(=O)NCc2ccc3nc(N)ncc3c2)c2c3ccccc3ccc21. The molecular weight excluding hydrogens is 374 g/mol. The molecule has 0 bridgehead atoms. The molecule has 0 fully saturated rings. The lowest BCUT2D eigenvalue weighted by Crippen LogP contribution is -2.22. The molecule has 0 unspecified atom stereocenters. The van der Waals surface area contributed by atoms with Crippen LogP contribution in [0.2, 0.25) is 0 Å². The summed E-state index contributed by atoms with van der Waals surface area (Å²) in [6.45, 7) is 3.30. The number of amides is 1. The van der Waals surface area contributed by atoms with E-state index < -0.39 is 0 Å². The van der Waals surface area contributed by atoms with E-state index in [1.54, 1.807) is 6.20 Å². The van der Waals surface area contributed by atoms with E-state index in [0.717, 1.165) is 44.7 Å². The molecule has 3 N–H and O–H groups in total. The third-order valence-corrected chi connectivity index (χ3v) is 5.47. The number of carbonyl (C=O) groups excluding carboxylic acids is 1. The van der Waals surface area contributed by atoms with Gasteiger partial charge in [-0.2, -0.15) is 0 Å². The number of carbonyl (C=O) groups is 1. The molecule has 0 aliphatic heterocycles. The van der Waals surface area contributed by atoms with Gasteiger partial charge in [-0.25, -0.2) is 9.97 Å². The number of hydrogen-bond acceptors (Lipinski definition) is 4. The Bertz CT molecular complexity index is 1420. The van der Waals surface area contributed by atoms with Crippen LogP contribution in [0.3, 0.4) is 0 Å². The summed E-state index contributed by atoms with van der Waals surface area (Å²) in [4.78, 5) is 21.4. The molecule has 1 amide bonds. The van der Waals surface area contributed by atoms with E-state index >= 15 is 0 Å². The largest absolute Gasteiger partial charge is 0.368 e. The van der Waals surface area contributed by atoms with Crippen LogP contribution in [0.1, 0.15) is 22.8 Å². The fraction of sp³-hybridized carbons (Fsp3) is 0.125. The maximum Gasteiger partial charge on any atom is 0.253 e. The zero-order valence-electron chi connectivity index (χ0n) is 16.6. The van der Waals surface area contributed by atoms with E-state index in [2.05, 4.69) is 51.0 Å². The van der Waals surface area contributed by atoms with Crippen molar-refractivity contribution in [3.63, 3.8) is 0 Å². The van der Waals surface area contributed by atoms with Gasteiger partial charge in [0.05, 0.1) is 11.1 Å². The van der Waals surface area contributed by atoms with Crippen LogP contribution < -0.4 is 11.1 Å². The Morgan fingerprint density at radius 1 is 1.10 bits per heavy atom. The summed E-state index contributed by atoms with van der Waals surface area (Å²) in [5.41, 5.74) is 9.17. The van der Waals surface area contributed by atoms with Crippen molar-refractivity contribution in [1.82, 2.24) is 19.9 Å². The standard InChI is InChI=1S/C24H21N5O/c1-2-29-14-19(22-18-6-4-3-5-16(18)8-10-21(22)29)23(30)26-12-15-7-9-20-17(11-15)13-27-24(25)28-20/h3-11,13-14H,2,12H2,1H3,(H,26,30)(H2,25,27,28). The molecule has 0 radical (unpaired) electrons. The van der Waals surface area contributed by atoms with E-state index in [-0.39, 0.29) is 11.9 Å². The number of benzene rings is 3. The Morgan fingerprint density at radius 3 is 2.83 bits per heavy atom. The van der Waals surface area contributed by atoms with Crippen LogP contribution in [0, 0.1) is 0 Å². The van der Waals surface area contributed by atoms with Gasteiger partial charge in [0.25, 0.3) is 5.91 Å². The monoisotopic (exact) mass is 395 g/mol. The van der Waals surface area contributed by atoms with E-state index in [1.165, 1.54) is 0 Å². The molecule has 0 aliphatic rings. The van der Waals surface area contributed by atoms with Gasteiger partial charge in [0.2, 0.25) is 5.95 Å². The van der Waals surface area contributed by atoms with E-state index in [9.17, 15) is 4.79 Å². The van der Waals surface area contributed by atoms with Gasteiger partial charge in [-0.05, 0) is 41.5 Å². The fourth-order valence-corrected chi connectivity index (χ4v) is 3.99. The number of nitrogens with one attached hydrogen (secondary N) is 1. The maximum atomic E-state index is 13.1. The first-order chi connectivity index (χ1) is 14.6. The molecule has 2 aromatic heterocycles. The van der Waals surface area contributed by atoms with Crippen LogP contribution in [0.4, 0.5) is 5.95 Å². The molecule has 0 saturated carbocycles. The van der Waals surface area contributed by atoms with Gasteiger partial charge in [-0.15, -0.1) is 0 Å². The highest BCUT2D eigenvalue weighted by molar-refractivity contribution is 6.17. The van der Waals surface area contributed by atoms with Crippen LogP contribution >= 0.6 is 0 Å². The second-order valence-corrected chi connectivity index (χ2v) is 7.31. The van der Waals surface area contributed by atoms with Gasteiger partial charge < -0.3 is 15.6 Å². The Balaban J connectivity index is 1.49. The summed E-state index contributed by atoms with van der Waals surface area (Å²) < 4.78 is 2.12. The molecule has 6 heteroatoms. The second kappa shape index (κ2) is 7.15. The van der Waals surface area contributed by atoms with Crippen molar-refractivity contribution in [2.75, 3.05) is 5.73 Å². The lowest BCUT2D eigenvalue weighted by molar-refractivity contribution is 0.0952. The predicted octanol–water partition coefficient (Wildman–Crippen LogP) is 4.27. The highest BCUT2D eigenvalue weighted by Gasteiger charge is 2.17. The smallest absolute Gasteiger partial charge is 0.253 e. The first-order valence-electron chi connectivity index (χ1n) is 9.94. The van der Waals surface area contributed by atoms with Gasteiger partial charge in [0.1, 0.15) is 0 Å². The van der Waals surface area contributed by atoms with Gasteiger partial charge in [-0.3, -0.25) is 4.79 Å². The molecule has 30 heavy (non-hydrogen) atoms. The summed E-state index contributed by atoms with van der Waals surface area (Å²) in [5, 5.41) is 7.17. The first kappa shape index (κ1) is 18.1. The zero-order chi connectivity index (χ0) is 20.7. The molecule has 0 saturated heterocycles. The van der Waals surface area contributed by atoms with Gasteiger partial charge in [0.15, 0.2) is 0 Å². The zero-order valence-corrected chi connectivity index (χ0v) is 16.6. The molecule has 6 nitrogen and oxygen atoms in total. The highest BCUT2D eigenvalue weighted by Crippen LogP contribution is 2.30. The van der Waals surface area contributed by atoms with Crippen molar-refractivity contribution in [2.45, 2.75) is 20.0 Å². The molecule has 2 heterocycles. The van der Waals surface area contributed by atoms with Crippen molar-refractivity contribution < 1.29 is 4.79 Å². The van der Waals surface area contributed by atoms with Crippen molar-refractivity contribution >= 4 is 44.4 Å². The average Bonchev–Trinajstić information content (AvgIpc) is 3.17. The number of hydrogen-bond donors (Lipinski definition) is 2. The Hall–Kier alpha value is -3.93. The summed E-state index contributed by atoms with van der Waals surface area (Å²) >= 11 is 0. The van der Waals surface area contributed by atoms with E-state index in [4.69, 9.17) is 5.73 Å². The lowest BCUT2D eigenvalue weighted by Gasteiger charge is -2.07. The third kappa shape index (κ3) is 3.03. The Morgan fingerprint density at radius 2 is 1.97 bits per heavy atom. The van der Waals surface area contributed by atoms with Crippen LogP contribution in [-0.2, 0) is 13.1 Å². The molecule has 0 spiro atoms.